The van der Waals surface area contributed by atoms with Gasteiger partial charge in [0.1, 0.15) is 5.75 Å². The van der Waals surface area contributed by atoms with Gasteiger partial charge in [-0.05, 0) is 49.4 Å². The second-order valence-electron chi connectivity index (χ2n) is 4.51. The van der Waals surface area contributed by atoms with Crippen LogP contribution >= 0.6 is 0 Å². The first-order chi connectivity index (χ1) is 8.08. The van der Waals surface area contributed by atoms with E-state index in [0.29, 0.717) is 0 Å². The Morgan fingerprint density at radius 2 is 1.94 bits per heavy atom. The van der Waals surface area contributed by atoms with Crippen LogP contribution < -0.4 is 10.5 Å². The van der Waals surface area contributed by atoms with Gasteiger partial charge in [0.15, 0.2) is 0 Å². The summed E-state index contributed by atoms with van der Waals surface area (Å²) in [6.45, 7) is 4.85. The van der Waals surface area contributed by atoms with E-state index in [1.165, 1.54) is 16.7 Å². The van der Waals surface area contributed by atoms with Gasteiger partial charge in [0.05, 0.1) is 13.7 Å². The highest BCUT2D eigenvalue weighted by Gasteiger charge is 2.09. The molecule has 0 fully saturated rings. The highest BCUT2D eigenvalue weighted by molar-refractivity contribution is 5.42. The molecule has 0 heterocycles. The van der Waals surface area contributed by atoms with E-state index in [4.69, 9.17) is 15.2 Å². The van der Waals surface area contributed by atoms with E-state index in [9.17, 15) is 0 Å². The number of methoxy groups -OCH3 is 2. The minimum Gasteiger partial charge on any atom is -0.496 e. The molecule has 1 rings (SSSR count). The Bertz CT molecular complexity index is 361. The summed E-state index contributed by atoms with van der Waals surface area (Å²) in [5, 5.41) is 0. The van der Waals surface area contributed by atoms with Crippen LogP contribution in [-0.4, -0.2) is 26.9 Å². The molecule has 0 amide bonds. The second-order valence-corrected chi connectivity index (χ2v) is 4.51. The first-order valence-corrected chi connectivity index (χ1v) is 5.99. The number of nitrogens with two attached hydrogens (primary N) is 1. The van der Waals surface area contributed by atoms with Crippen LogP contribution in [0.1, 0.15) is 23.6 Å². The van der Waals surface area contributed by atoms with Gasteiger partial charge >= 0.3 is 0 Å². The Morgan fingerprint density at radius 3 is 2.47 bits per heavy atom. The van der Waals surface area contributed by atoms with Crippen molar-refractivity contribution in [3.63, 3.8) is 0 Å². The third-order valence-corrected chi connectivity index (χ3v) is 2.86. The predicted octanol–water partition coefficient (Wildman–Crippen LogP) is 2.08. The summed E-state index contributed by atoms with van der Waals surface area (Å²) in [6, 6.07) is 4.42. The zero-order valence-corrected chi connectivity index (χ0v) is 11.2. The van der Waals surface area contributed by atoms with Crippen LogP contribution in [0.25, 0.3) is 0 Å². The van der Waals surface area contributed by atoms with E-state index >= 15 is 0 Å². The van der Waals surface area contributed by atoms with Crippen molar-refractivity contribution in [1.82, 2.24) is 0 Å². The molecular weight excluding hydrogens is 214 g/mol. The van der Waals surface area contributed by atoms with Crippen molar-refractivity contribution in [2.45, 2.75) is 32.7 Å². The van der Waals surface area contributed by atoms with Gasteiger partial charge in [0.25, 0.3) is 0 Å². The monoisotopic (exact) mass is 237 g/mol. The Hall–Kier alpha value is -1.06. The van der Waals surface area contributed by atoms with E-state index < -0.39 is 0 Å². The molecule has 0 bridgehead atoms. The molecule has 96 valence electrons. The van der Waals surface area contributed by atoms with E-state index in [2.05, 4.69) is 19.1 Å². The molecule has 0 saturated heterocycles. The standard InChI is InChI=1S/C14H23NO2/c1-10-7-14(17-4)13(8-11(2)15)9-12(10)5-6-16-3/h7,9,11H,5-6,8,15H2,1-4H3/t11-/m1/s1. The lowest BCUT2D eigenvalue weighted by molar-refractivity contribution is 0.202. The first kappa shape index (κ1) is 14.0. The maximum Gasteiger partial charge on any atom is 0.122 e. The zero-order valence-electron chi connectivity index (χ0n) is 11.2. The summed E-state index contributed by atoms with van der Waals surface area (Å²) in [7, 11) is 3.43. The Morgan fingerprint density at radius 1 is 1.24 bits per heavy atom. The van der Waals surface area contributed by atoms with Crippen LogP contribution in [0.4, 0.5) is 0 Å². The van der Waals surface area contributed by atoms with Gasteiger partial charge in [0, 0.05) is 13.2 Å². The smallest absolute Gasteiger partial charge is 0.122 e. The molecule has 0 aromatic heterocycles. The lowest BCUT2D eigenvalue weighted by Crippen LogP contribution is -2.18. The minimum absolute atomic E-state index is 0.141. The van der Waals surface area contributed by atoms with Gasteiger partial charge in [-0.15, -0.1) is 0 Å². The third kappa shape index (κ3) is 4.02. The van der Waals surface area contributed by atoms with Crippen LogP contribution in [0.2, 0.25) is 0 Å². The van der Waals surface area contributed by atoms with Crippen LogP contribution in [0.3, 0.4) is 0 Å². The Balaban J connectivity index is 2.99. The molecule has 1 aromatic carbocycles. The van der Waals surface area contributed by atoms with Crippen molar-refractivity contribution < 1.29 is 9.47 Å². The largest absolute Gasteiger partial charge is 0.496 e. The Labute approximate surface area is 104 Å². The molecule has 2 N–H and O–H groups in total. The van der Waals surface area contributed by atoms with Gasteiger partial charge in [-0.3, -0.25) is 0 Å². The molecule has 1 aromatic rings. The fourth-order valence-electron chi connectivity index (χ4n) is 1.96. The number of ether oxygens (including phenoxy) is 2. The summed E-state index contributed by atoms with van der Waals surface area (Å²) < 4.78 is 10.5. The molecule has 0 aliphatic rings. The van der Waals surface area contributed by atoms with E-state index in [1.807, 2.05) is 6.92 Å². The van der Waals surface area contributed by atoms with E-state index in [0.717, 1.165) is 25.2 Å². The summed E-state index contributed by atoms with van der Waals surface area (Å²) in [5.41, 5.74) is 9.59. The van der Waals surface area contributed by atoms with Crippen molar-refractivity contribution in [2.24, 2.45) is 5.73 Å². The maximum atomic E-state index is 5.86. The van der Waals surface area contributed by atoms with Crippen molar-refractivity contribution in [3.05, 3.63) is 28.8 Å². The summed E-state index contributed by atoms with van der Waals surface area (Å²) in [6.07, 6.45) is 1.77. The lowest BCUT2D eigenvalue weighted by Gasteiger charge is -2.15. The van der Waals surface area contributed by atoms with Gasteiger partial charge < -0.3 is 15.2 Å². The van der Waals surface area contributed by atoms with Gasteiger partial charge in [0.2, 0.25) is 0 Å². The second kappa shape index (κ2) is 6.62. The quantitative estimate of drug-likeness (QED) is 0.824. The van der Waals surface area contributed by atoms with Crippen molar-refractivity contribution in [1.29, 1.82) is 0 Å². The molecule has 0 spiro atoms. The normalized spacial score (nSPS) is 12.5. The van der Waals surface area contributed by atoms with Gasteiger partial charge in [-0.1, -0.05) is 6.07 Å². The molecule has 1 atom stereocenters. The van der Waals surface area contributed by atoms with Gasteiger partial charge in [-0.2, -0.15) is 0 Å². The average Bonchev–Trinajstić information content (AvgIpc) is 2.28. The van der Waals surface area contributed by atoms with Crippen LogP contribution in [0, 0.1) is 6.92 Å². The minimum atomic E-state index is 0.141. The first-order valence-electron chi connectivity index (χ1n) is 5.99. The lowest BCUT2D eigenvalue weighted by atomic mass is 9.98. The maximum absolute atomic E-state index is 5.86. The molecular formula is C14H23NO2. The van der Waals surface area contributed by atoms with Crippen LogP contribution in [0.15, 0.2) is 12.1 Å². The van der Waals surface area contributed by atoms with Gasteiger partial charge in [-0.25, -0.2) is 0 Å². The highest BCUT2D eigenvalue weighted by atomic mass is 16.5. The third-order valence-electron chi connectivity index (χ3n) is 2.86. The van der Waals surface area contributed by atoms with E-state index in [-0.39, 0.29) is 6.04 Å². The summed E-state index contributed by atoms with van der Waals surface area (Å²) in [5.74, 6) is 0.931. The van der Waals surface area contributed by atoms with Crippen LogP contribution in [-0.2, 0) is 17.6 Å². The molecule has 0 unspecified atom stereocenters. The number of hydrogen-bond acceptors (Lipinski definition) is 3. The molecule has 0 saturated carbocycles. The predicted molar refractivity (Wildman–Crippen MR) is 70.7 cm³/mol. The topological polar surface area (TPSA) is 44.5 Å². The van der Waals surface area contributed by atoms with Crippen LogP contribution in [0.5, 0.6) is 5.75 Å². The molecule has 3 nitrogen and oxygen atoms in total. The van der Waals surface area contributed by atoms with E-state index in [1.54, 1.807) is 14.2 Å². The molecule has 0 aliphatic carbocycles. The highest BCUT2D eigenvalue weighted by Crippen LogP contribution is 2.24. The van der Waals surface area contributed by atoms with Crippen molar-refractivity contribution in [3.8, 4) is 5.75 Å². The summed E-state index contributed by atoms with van der Waals surface area (Å²) in [4.78, 5) is 0. The number of hydrogen-bond donors (Lipinski definition) is 1. The molecule has 17 heavy (non-hydrogen) atoms. The average molecular weight is 237 g/mol. The fraction of sp³-hybridized carbons (Fsp3) is 0.571. The van der Waals surface area contributed by atoms with Crippen molar-refractivity contribution in [2.75, 3.05) is 20.8 Å². The van der Waals surface area contributed by atoms with Crippen molar-refractivity contribution >= 4 is 0 Å². The SMILES string of the molecule is COCCc1cc(C[C@@H](C)N)c(OC)cc1C. The fourth-order valence-corrected chi connectivity index (χ4v) is 1.96. The molecule has 0 radical (unpaired) electrons. The Kier molecular flexibility index (Phi) is 5.45. The zero-order chi connectivity index (χ0) is 12.8. The summed E-state index contributed by atoms with van der Waals surface area (Å²) >= 11 is 0. The number of rotatable bonds is 6. The number of aryl methyl sites for hydroxylation is 1. The molecule has 0 aliphatic heterocycles. The number of benzene rings is 1. The molecule has 3 heteroatoms.